The standard InChI is InChI=1S/C31H38N4O5S2/c1-7-16-34(27(36)18-32-42(39,40)23-14-12-20(2)13-15-23)24-19-35(21(24)3)30(38)28(31(4,5)6)33-29(37)26-17-22-10-8-9-11-25(22)41-26/h8-15,17,24,28,32H,3,7,16,18-19H2,1-2,4-6H3,(H,33,37)/t24-,28?/m1/s1. The van der Waals surface area contributed by atoms with Crippen molar-refractivity contribution in [3.05, 3.63) is 77.3 Å². The lowest BCUT2D eigenvalue weighted by molar-refractivity contribution is -0.144. The summed E-state index contributed by atoms with van der Waals surface area (Å²) >= 11 is 1.37. The van der Waals surface area contributed by atoms with E-state index in [1.807, 2.05) is 65.0 Å². The first-order valence-electron chi connectivity index (χ1n) is 13.9. The molecule has 2 aromatic carbocycles. The van der Waals surface area contributed by atoms with Gasteiger partial charge in [-0.15, -0.1) is 11.3 Å². The van der Waals surface area contributed by atoms with E-state index in [0.717, 1.165) is 15.6 Å². The predicted octanol–water partition coefficient (Wildman–Crippen LogP) is 4.30. The Morgan fingerprint density at radius 1 is 1.12 bits per heavy atom. The van der Waals surface area contributed by atoms with Crippen molar-refractivity contribution in [1.82, 2.24) is 19.8 Å². The van der Waals surface area contributed by atoms with E-state index < -0.39 is 40.0 Å². The summed E-state index contributed by atoms with van der Waals surface area (Å²) < 4.78 is 28.8. The van der Waals surface area contributed by atoms with Crippen LogP contribution in [0, 0.1) is 12.3 Å². The number of rotatable bonds is 10. The molecule has 2 atom stereocenters. The quantitative estimate of drug-likeness (QED) is 0.355. The first kappa shape index (κ1) is 31.4. The highest BCUT2D eigenvalue weighted by molar-refractivity contribution is 7.89. The van der Waals surface area contributed by atoms with Gasteiger partial charge >= 0.3 is 0 Å². The Labute approximate surface area is 251 Å². The maximum atomic E-state index is 13.7. The number of hydrogen-bond donors (Lipinski definition) is 2. The summed E-state index contributed by atoms with van der Waals surface area (Å²) in [6.45, 7) is 13.7. The Kier molecular flexibility index (Phi) is 9.24. The van der Waals surface area contributed by atoms with E-state index in [4.69, 9.17) is 0 Å². The molecule has 1 unspecified atom stereocenters. The number of aryl methyl sites for hydroxylation is 1. The van der Waals surface area contributed by atoms with Gasteiger partial charge < -0.3 is 15.1 Å². The molecule has 2 N–H and O–H groups in total. The van der Waals surface area contributed by atoms with Gasteiger partial charge in [0.2, 0.25) is 21.8 Å². The first-order valence-corrected chi connectivity index (χ1v) is 16.2. The van der Waals surface area contributed by atoms with Crippen LogP contribution in [0.1, 0.15) is 49.4 Å². The summed E-state index contributed by atoms with van der Waals surface area (Å²) in [5.74, 6) is -1.03. The number of carbonyl (C=O) groups is 3. The lowest BCUT2D eigenvalue weighted by Gasteiger charge is -2.49. The minimum atomic E-state index is -3.87. The molecule has 1 aliphatic rings. The lowest BCUT2D eigenvalue weighted by atomic mass is 9.84. The van der Waals surface area contributed by atoms with E-state index in [-0.39, 0.29) is 23.3 Å². The van der Waals surface area contributed by atoms with Crippen LogP contribution in [0.15, 0.2) is 71.8 Å². The number of nitrogens with zero attached hydrogens (tertiary/aromatic N) is 2. The fraction of sp³-hybridized carbons (Fsp3) is 0.387. The van der Waals surface area contributed by atoms with E-state index in [9.17, 15) is 22.8 Å². The van der Waals surface area contributed by atoms with Gasteiger partial charge in [0.1, 0.15) is 6.04 Å². The van der Waals surface area contributed by atoms with Gasteiger partial charge in [-0.2, -0.15) is 0 Å². The molecule has 1 aliphatic heterocycles. The number of thiophene rings is 1. The molecule has 42 heavy (non-hydrogen) atoms. The van der Waals surface area contributed by atoms with Crippen LogP contribution in [0.25, 0.3) is 10.1 Å². The zero-order valence-corrected chi connectivity index (χ0v) is 26.3. The van der Waals surface area contributed by atoms with Gasteiger partial charge in [0.05, 0.1) is 28.9 Å². The molecule has 2 heterocycles. The lowest BCUT2D eigenvalue weighted by Crippen LogP contribution is -2.65. The average Bonchev–Trinajstić information content (AvgIpc) is 3.37. The molecule has 0 aliphatic carbocycles. The normalized spacial score (nSPS) is 16.2. The maximum absolute atomic E-state index is 13.7. The number of nitrogens with one attached hydrogen (secondary N) is 2. The molecule has 1 aromatic heterocycles. The first-order chi connectivity index (χ1) is 19.7. The van der Waals surface area contributed by atoms with E-state index >= 15 is 0 Å². The number of likely N-dealkylation sites (tertiary alicyclic amines) is 1. The van der Waals surface area contributed by atoms with Crippen LogP contribution in [-0.2, 0) is 19.6 Å². The summed E-state index contributed by atoms with van der Waals surface area (Å²) in [6.07, 6.45) is 0.643. The third kappa shape index (κ3) is 6.74. The second-order valence-electron chi connectivity index (χ2n) is 11.6. The highest BCUT2D eigenvalue weighted by Gasteiger charge is 2.45. The highest BCUT2D eigenvalue weighted by Crippen LogP contribution is 2.32. The molecule has 0 saturated carbocycles. The third-order valence-electron chi connectivity index (χ3n) is 7.30. The second-order valence-corrected chi connectivity index (χ2v) is 14.5. The zero-order chi connectivity index (χ0) is 30.8. The molecular formula is C31H38N4O5S2. The number of sulfonamides is 1. The van der Waals surface area contributed by atoms with Crippen molar-refractivity contribution in [3.8, 4) is 0 Å². The van der Waals surface area contributed by atoms with Crippen LogP contribution < -0.4 is 10.0 Å². The van der Waals surface area contributed by atoms with E-state index in [2.05, 4.69) is 16.6 Å². The van der Waals surface area contributed by atoms with E-state index in [0.29, 0.717) is 23.5 Å². The highest BCUT2D eigenvalue weighted by atomic mass is 32.2. The van der Waals surface area contributed by atoms with E-state index in [1.165, 1.54) is 28.4 Å². The van der Waals surface area contributed by atoms with Crippen LogP contribution in [0.5, 0.6) is 0 Å². The Balaban J connectivity index is 1.42. The number of carbonyl (C=O) groups excluding carboxylic acids is 3. The molecule has 0 spiro atoms. The molecule has 1 saturated heterocycles. The van der Waals surface area contributed by atoms with Crippen molar-refractivity contribution < 1.29 is 22.8 Å². The van der Waals surface area contributed by atoms with Gasteiger partial charge in [-0.25, -0.2) is 13.1 Å². The number of amides is 3. The van der Waals surface area contributed by atoms with Crippen LogP contribution >= 0.6 is 11.3 Å². The minimum Gasteiger partial charge on any atom is -0.339 e. The molecule has 3 aromatic rings. The summed E-state index contributed by atoms with van der Waals surface area (Å²) in [6, 6.07) is 14.6. The minimum absolute atomic E-state index is 0.0821. The van der Waals surface area contributed by atoms with Gasteiger partial charge in [0, 0.05) is 16.9 Å². The van der Waals surface area contributed by atoms with Crippen molar-refractivity contribution in [2.45, 2.75) is 58.0 Å². The van der Waals surface area contributed by atoms with Gasteiger partial charge in [-0.05, 0) is 48.4 Å². The monoisotopic (exact) mass is 610 g/mol. The molecular weight excluding hydrogens is 572 g/mol. The molecule has 0 radical (unpaired) electrons. The average molecular weight is 611 g/mol. The second kappa shape index (κ2) is 12.4. The third-order valence-corrected chi connectivity index (χ3v) is 9.83. The van der Waals surface area contributed by atoms with E-state index in [1.54, 1.807) is 17.0 Å². The van der Waals surface area contributed by atoms with Crippen LogP contribution in [0.3, 0.4) is 0 Å². The van der Waals surface area contributed by atoms with Gasteiger partial charge in [0.25, 0.3) is 5.91 Å². The van der Waals surface area contributed by atoms with Crippen molar-refractivity contribution in [2.75, 3.05) is 19.6 Å². The van der Waals surface area contributed by atoms with Crippen molar-refractivity contribution in [2.24, 2.45) is 5.41 Å². The number of benzene rings is 2. The molecule has 11 heteroatoms. The van der Waals surface area contributed by atoms with Gasteiger partial charge in [-0.3, -0.25) is 14.4 Å². The Morgan fingerprint density at radius 2 is 1.79 bits per heavy atom. The summed E-state index contributed by atoms with van der Waals surface area (Å²) in [5.41, 5.74) is 0.769. The molecule has 9 nitrogen and oxygen atoms in total. The summed E-state index contributed by atoms with van der Waals surface area (Å²) in [5, 5.41) is 3.90. The molecule has 0 bridgehead atoms. The fourth-order valence-electron chi connectivity index (χ4n) is 4.83. The van der Waals surface area contributed by atoms with Crippen LogP contribution in [0.2, 0.25) is 0 Å². The van der Waals surface area contributed by atoms with Gasteiger partial charge in [0.15, 0.2) is 0 Å². The molecule has 1 fully saturated rings. The van der Waals surface area contributed by atoms with Crippen molar-refractivity contribution >= 4 is 49.2 Å². The Morgan fingerprint density at radius 3 is 2.38 bits per heavy atom. The summed E-state index contributed by atoms with van der Waals surface area (Å²) in [4.78, 5) is 43.8. The maximum Gasteiger partial charge on any atom is 0.262 e. The number of hydrogen-bond acceptors (Lipinski definition) is 6. The Hall–Kier alpha value is -3.54. The zero-order valence-electron chi connectivity index (χ0n) is 24.6. The topological polar surface area (TPSA) is 116 Å². The smallest absolute Gasteiger partial charge is 0.262 e. The van der Waals surface area contributed by atoms with Crippen molar-refractivity contribution in [3.63, 3.8) is 0 Å². The van der Waals surface area contributed by atoms with Crippen LogP contribution in [0.4, 0.5) is 0 Å². The molecule has 3 amide bonds. The van der Waals surface area contributed by atoms with Crippen LogP contribution in [-0.4, -0.2) is 67.7 Å². The fourth-order valence-corrected chi connectivity index (χ4v) is 6.77. The number of fused-ring (bicyclic) bond motifs is 1. The molecule has 4 rings (SSSR count). The SMILES string of the molecule is C=C1[C@H](N(CCC)C(=O)CNS(=O)(=O)c2ccc(C)cc2)CN1C(=O)C(NC(=O)c1cc2ccccc2s1)C(C)(C)C. The largest absolute Gasteiger partial charge is 0.339 e. The Bertz CT molecular complexity index is 1570. The van der Waals surface area contributed by atoms with Gasteiger partial charge in [-0.1, -0.05) is 70.2 Å². The summed E-state index contributed by atoms with van der Waals surface area (Å²) in [7, 11) is -3.87. The predicted molar refractivity (Wildman–Crippen MR) is 166 cm³/mol. The van der Waals surface area contributed by atoms with Crippen molar-refractivity contribution in [1.29, 1.82) is 0 Å². The molecule has 224 valence electrons.